The number of methoxy groups -OCH3 is 3. The number of amides is 1. The summed E-state index contributed by atoms with van der Waals surface area (Å²) in [6.45, 7) is 0.398. The first-order valence-electron chi connectivity index (χ1n) is 9.44. The number of hydrogen-bond acceptors (Lipinski definition) is 8. The van der Waals surface area contributed by atoms with Crippen molar-refractivity contribution in [1.82, 2.24) is 4.90 Å². The second-order valence-corrected chi connectivity index (χ2v) is 7.19. The highest BCUT2D eigenvalue weighted by molar-refractivity contribution is 5.85. The average molecular weight is 415 g/mol. The molecule has 2 atom stereocenters. The number of cyclic esters (lactones) is 1. The van der Waals surface area contributed by atoms with Crippen molar-refractivity contribution in [2.75, 3.05) is 34.7 Å². The van der Waals surface area contributed by atoms with Crippen LogP contribution in [-0.4, -0.2) is 56.9 Å². The van der Waals surface area contributed by atoms with Crippen LogP contribution in [0.15, 0.2) is 18.2 Å². The van der Waals surface area contributed by atoms with Crippen molar-refractivity contribution in [3.63, 3.8) is 0 Å². The number of rotatable bonds is 3. The Balaban J connectivity index is 1.85. The first kappa shape index (κ1) is 18.7. The molecule has 3 aliphatic rings. The average Bonchev–Trinajstić information content (AvgIpc) is 3.36. The number of nitrogens with zero attached hydrogens (tertiary/aromatic N) is 1. The summed E-state index contributed by atoms with van der Waals surface area (Å²) in [4.78, 5) is 13.9. The molecule has 0 bridgehead atoms. The van der Waals surface area contributed by atoms with Crippen LogP contribution in [-0.2, 0) is 11.3 Å². The van der Waals surface area contributed by atoms with Gasteiger partial charge >= 0.3 is 6.09 Å². The summed E-state index contributed by atoms with van der Waals surface area (Å²) in [5, 5.41) is 11.2. The molecule has 1 amide bonds. The molecule has 2 aromatic carbocycles. The Morgan fingerprint density at radius 3 is 2.43 bits per heavy atom. The van der Waals surface area contributed by atoms with Crippen LogP contribution in [0.5, 0.6) is 28.7 Å². The first-order valence-corrected chi connectivity index (χ1v) is 9.44. The fourth-order valence-electron chi connectivity index (χ4n) is 4.34. The molecular weight excluding hydrogens is 394 g/mol. The zero-order valence-corrected chi connectivity index (χ0v) is 16.8. The van der Waals surface area contributed by atoms with Gasteiger partial charge < -0.3 is 33.5 Å². The van der Waals surface area contributed by atoms with Crippen LogP contribution in [0.3, 0.4) is 0 Å². The summed E-state index contributed by atoms with van der Waals surface area (Å²) in [6, 6.07) is 4.84. The SMILES string of the molecule is COc1cc2c(c(OC)c1OC)-c1cc3c(cc1[C@@H](O)[C@@H]1COC(=O)N1C2)OCO3. The van der Waals surface area contributed by atoms with Crippen molar-refractivity contribution in [1.29, 1.82) is 0 Å². The number of ether oxygens (including phenoxy) is 6. The first-order chi connectivity index (χ1) is 14.6. The number of benzene rings is 2. The van der Waals surface area contributed by atoms with E-state index >= 15 is 0 Å². The molecule has 0 unspecified atom stereocenters. The van der Waals surface area contributed by atoms with Crippen LogP contribution in [0.25, 0.3) is 11.1 Å². The Labute approximate surface area is 172 Å². The maximum atomic E-state index is 12.4. The summed E-state index contributed by atoms with van der Waals surface area (Å²) in [5.41, 5.74) is 2.73. The van der Waals surface area contributed by atoms with E-state index in [1.165, 1.54) is 26.2 Å². The minimum Gasteiger partial charge on any atom is -0.493 e. The van der Waals surface area contributed by atoms with Gasteiger partial charge in [0.1, 0.15) is 12.7 Å². The third-order valence-corrected chi connectivity index (χ3v) is 5.76. The molecule has 1 fully saturated rings. The molecule has 1 saturated heterocycles. The van der Waals surface area contributed by atoms with Gasteiger partial charge in [-0.25, -0.2) is 4.79 Å². The highest BCUT2D eigenvalue weighted by atomic mass is 16.7. The molecule has 0 saturated carbocycles. The summed E-state index contributed by atoms with van der Waals surface area (Å²) in [5.74, 6) is 2.43. The minimum absolute atomic E-state index is 0.0909. The largest absolute Gasteiger partial charge is 0.493 e. The molecule has 2 aromatic rings. The van der Waals surface area contributed by atoms with Gasteiger partial charge in [-0.1, -0.05) is 0 Å². The van der Waals surface area contributed by atoms with Gasteiger partial charge in [0.15, 0.2) is 23.0 Å². The third-order valence-electron chi connectivity index (χ3n) is 5.76. The highest BCUT2D eigenvalue weighted by Crippen LogP contribution is 2.52. The summed E-state index contributed by atoms with van der Waals surface area (Å²) in [6.07, 6.45) is -1.48. The molecule has 0 spiro atoms. The van der Waals surface area contributed by atoms with Crippen molar-refractivity contribution in [3.05, 3.63) is 29.3 Å². The molecule has 0 aromatic heterocycles. The molecule has 3 aliphatic heterocycles. The summed E-state index contributed by atoms with van der Waals surface area (Å²) < 4.78 is 33.1. The van der Waals surface area contributed by atoms with Crippen molar-refractivity contribution in [2.24, 2.45) is 0 Å². The predicted octanol–water partition coefficient (Wildman–Crippen LogP) is 2.48. The summed E-state index contributed by atoms with van der Waals surface area (Å²) in [7, 11) is 4.60. The van der Waals surface area contributed by atoms with Crippen LogP contribution in [0, 0.1) is 0 Å². The molecular formula is C21H21NO8. The lowest BCUT2D eigenvalue weighted by atomic mass is 9.86. The number of carbonyl (C=O) groups is 1. The number of aliphatic hydroxyl groups excluding tert-OH is 1. The van der Waals surface area contributed by atoms with E-state index in [9.17, 15) is 9.90 Å². The standard InChI is InChI=1S/C21H21NO8/c1-25-16-4-10-7-22-13(8-28-21(22)24)18(23)12-6-15-14(29-9-30-15)5-11(12)17(10)20(27-3)19(16)26-2/h4-6,13,18,23H,7-9H2,1-3H3/t13-,18+/m0/s1. The van der Waals surface area contributed by atoms with E-state index < -0.39 is 18.2 Å². The lowest BCUT2D eigenvalue weighted by Crippen LogP contribution is -2.38. The van der Waals surface area contributed by atoms with Crippen LogP contribution in [0.4, 0.5) is 4.79 Å². The van der Waals surface area contributed by atoms with Gasteiger partial charge in [0.2, 0.25) is 12.5 Å². The van der Waals surface area contributed by atoms with E-state index in [0.717, 1.165) is 5.56 Å². The highest BCUT2D eigenvalue weighted by Gasteiger charge is 2.43. The van der Waals surface area contributed by atoms with Crippen LogP contribution < -0.4 is 23.7 Å². The Bertz CT molecular complexity index is 1040. The van der Waals surface area contributed by atoms with Gasteiger partial charge in [-0.3, -0.25) is 4.90 Å². The zero-order chi connectivity index (χ0) is 21.0. The van der Waals surface area contributed by atoms with Crippen molar-refractivity contribution >= 4 is 6.09 Å². The smallest absolute Gasteiger partial charge is 0.410 e. The van der Waals surface area contributed by atoms with Gasteiger partial charge in [-0.15, -0.1) is 0 Å². The van der Waals surface area contributed by atoms with E-state index in [1.54, 1.807) is 6.07 Å². The Morgan fingerprint density at radius 2 is 1.73 bits per heavy atom. The van der Waals surface area contributed by atoms with E-state index in [4.69, 9.17) is 28.4 Å². The van der Waals surface area contributed by atoms with Gasteiger partial charge in [-0.05, 0) is 34.9 Å². The normalized spacial score (nSPS) is 21.1. The minimum atomic E-state index is -0.994. The number of carbonyl (C=O) groups excluding carboxylic acids is 1. The van der Waals surface area contributed by atoms with E-state index in [2.05, 4.69) is 0 Å². The van der Waals surface area contributed by atoms with Crippen molar-refractivity contribution in [3.8, 4) is 39.9 Å². The van der Waals surface area contributed by atoms with Crippen molar-refractivity contribution in [2.45, 2.75) is 18.7 Å². The molecule has 158 valence electrons. The monoisotopic (exact) mass is 415 g/mol. The van der Waals surface area contributed by atoms with E-state index in [-0.39, 0.29) is 19.9 Å². The molecule has 9 heteroatoms. The fraction of sp³-hybridized carbons (Fsp3) is 0.381. The fourth-order valence-corrected chi connectivity index (χ4v) is 4.34. The Kier molecular flexibility index (Phi) is 4.28. The second kappa shape index (κ2) is 6.88. The number of aliphatic hydroxyl groups is 1. The number of hydrogen-bond donors (Lipinski definition) is 1. The van der Waals surface area contributed by atoms with Gasteiger partial charge in [0.05, 0.1) is 33.9 Å². The summed E-state index contributed by atoms with van der Waals surface area (Å²) >= 11 is 0. The molecule has 5 rings (SSSR count). The van der Waals surface area contributed by atoms with Crippen molar-refractivity contribution < 1.29 is 38.3 Å². The molecule has 0 radical (unpaired) electrons. The Hall–Kier alpha value is -3.33. The topological polar surface area (TPSA) is 95.9 Å². The molecule has 0 aliphatic carbocycles. The Morgan fingerprint density at radius 1 is 1.00 bits per heavy atom. The zero-order valence-electron chi connectivity index (χ0n) is 16.8. The number of fused-ring (bicyclic) bond motifs is 5. The lowest BCUT2D eigenvalue weighted by molar-refractivity contribution is 0.0826. The van der Waals surface area contributed by atoms with Crippen LogP contribution in [0.2, 0.25) is 0 Å². The molecule has 1 N–H and O–H groups in total. The van der Waals surface area contributed by atoms with Crippen LogP contribution >= 0.6 is 0 Å². The van der Waals surface area contributed by atoms with Crippen LogP contribution in [0.1, 0.15) is 17.2 Å². The predicted molar refractivity (Wildman–Crippen MR) is 103 cm³/mol. The quantitative estimate of drug-likeness (QED) is 0.817. The maximum Gasteiger partial charge on any atom is 0.410 e. The van der Waals surface area contributed by atoms with Gasteiger partial charge in [0.25, 0.3) is 0 Å². The molecule has 3 heterocycles. The second-order valence-electron chi connectivity index (χ2n) is 7.19. The van der Waals surface area contributed by atoms with E-state index in [1.807, 2.05) is 12.1 Å². The van der Waals surface area contributed by atoms with Gasteiger partial charge in [-0.2, -0.15) is 0 Å². The van der Waals surface area contributed by atoms with Gasteiger partial charge in [0, 0.05) is 5.56 Å². The van der Waals surface area contributed by atoms with E-state index in [0.29, 0.717) is 45.4 Å². The molecule has 30 heavy (non-hydrogen) atoms. The third kappa shape index (κ3) is 2.55. The molecule has 9 nitrogen and oxygen atoms in total. The lowest BCUT2D eigenvalue weighted by Gasteiger charge is -2.32. The maximum absolute atomic E-state index is 12.4.